The predicted molar refractivity (Wildman–Crippen MR) is 114 cm³/mol. The second-order valence-corrected chi connectivity index (χ2v) is 7.96. The number of nitrogens with zero attached hydrogens (tertiary/aromatic N) is 1. The van der Waals surface area contributed by atoms with Crippen LogP contribution in [-0.4, -0.2) is 44.8 Å². The first kappa shape index (κ1) is 20.0. The van der Waals surface area contributed by atoms with Crippen LogP contribution in [0.25, 0.3) is 0 Å². The molecule has 0 unspecified atom stereocenters. The Hall–Kier alpha value is -2.24. The molecule has 29 heavy (non-hydrogen) atoms. The number of anilines is 1. The Morgan fingerprint density at radius 1 is 0.897 bits per heavy atom. The molecular weight excluding hydrogens is 390 g/mol. The van der Waals surface area contributed by atoms with Crippen molar-refractivity contribution in [1.29, 1.82) is 0 Å². The first-order valence-corrected chi connectivity index (χ1v) is 10.6. The Balaban J connectivity index is 1.39. The van der Waals surface area contributed by atoms with Gasteiger partial charge in [-0.15, -0.1) is 0 Å². The van der Waals surface area contributed by atoms with Gasteiger partial charge in [-0.2, -0.15) is 0 Å². The Labute approximate surface area is 176 Å². The van der Waals surface area contributed by atoms with E-state index in [1.54, 1.807) is 0 Å². The van der Waals surface area contributed by atoms with Crippen LogP contribution in [0, 0.1) is 0 Å². The monoisotopic (exact) mass is 415 g/mol. The van der Waals surface area contributed by atoms with E-state index in [1.165, 1.54) is 0 Å². The smallest absolute Gasteiger partial charge is 0.152 e. The van der Waals surface area contributed by atoms with Gasteiger partial charge in [0.25, 0.3) is 0 Å². The third-order valence-electron chi connectivity index (χ3n) is 5.50. The van der Waals surface area contributed by atoms with Crippen LogP contribution in [0.5, 0.6) is 11.5 Å². The lowest BCUT2D eigenvalue weighted by atomic mass is 10.0. The summed E-state index contributed by atoms with van der Waals surface area (Å²) in [6, 6.07) is 13.2. The molecule has 2 saturated heterocycles. The summed E-state index contributed by atoms with van der Waals surface area (Å²) in [6.45, 7) is 3.15. The molecule has 0 N–H and O–H groups in total. The summed E-state index contributed by atoms with van der Waals surface area (Å²) in [4.78, 5) is 13.8. The number of hydrogen-bond acceptors (Lipinski definition) is 5. The zero-order chi connectivity index (χ0) is 20.1. The number of carbonyl (C=O) groups is 1. The topological polar surface area (TPSA) is 48.0 Å². The van der Waals surface area contributed by atoms with Crippen molar-refractivity contribution in [3.8, 4) is 11.5 Å². The van der Waals surface area contributed by atoms with Gasteiger partial charge >= 0.3 is 0 Å². The van der Waals surface area contributed by atoms with Crippen LogP contribution in [0.3, 0.4) is 0 Å². The van der Waals surface area contributed by atoms with Crippen molar-refractivity contribution in [2.24, 2.45) is 0 Å². The number of halogens is 1. The standard InChI is InChI=1S/C23H26ClNO4/c24-18-2-5-19(6-3-18)28-20-7-11-25(12-8-20)23-15-22(4-1-17(23)16-26)29-21-9-13-27-14-10-21/h1-6,15-16,20-21H,7-14H2. The van der Waals surface area contributed by atoms with Crippen LogP contribution in [0.2, 0.25) is 5.02 Å². The fourth-order valence-electron chi connectivity index (χ4n) is 3.88. The molecule has 6 heteroatoms. The summed E-state index contributed by atoms with van der Waals surface area (Å²) >= 11 is 5.94. The Morgan fingerprint density at radius 3 is 2.21 bits per heavy atom. The van der Waals surface area contributed by atoms with Gasteiger partial charge in [-0.25, -0.2) is 0 Å². The second-order valence-electron chi connectivity index (χ2n) is 7.53. The lowest BCUT2D eigenvalue weighted by Gasteiger charge is -2.34. The first-order chi connectivity index (χ1) is 14.2. The second kappa shape index (κ2) is 9.51. The Morgan fingerprint density at radius 2 is 1.52 bits per heavy atom. The molecular formula is C23H26ClNO4. The van der Waals surface area contributed by atoms with Crippen LogP contribution in [-0.2, 0) is 4.74 Å². The van der Waals surface area contributed by atoms with Gasteiger partial charge in [0, 0.05) is 55.4 Å². The molecule has 0 spiro atoms. The lowest BCUT2D eigenvalue weighted by molar-refractivity contribution is 0.0256. The van der Waals surface area contributed by atoms with E-state index < -0.39 is 0 Å². The summed E-state index contributed by atoms with van der Waals surface area (Å²) in [5, 5.41) is 0.705. The molecule has 2 aromatic carbocycles. The van der Waals surface area contributed by atoms with Crippen molar-refractivity contribution >= 4 is 23.6 Å². The zero-order valence-electron chi connectivity index (χ0n) is 16.4. The number of carbonyl (C=O) groups excluding carboxylic acids is 1. The van der Waals surface area contributed by atoms with E-state index >= 15 is 0 Å². The quantitative estimate of drug-likeness (QED) is 0.636. The van der Waals surface area contributed by atoms with Crippen LogP contribution in [0.1, 0.15) is 36.0 Å². The minimum atomic E-state index is 0.161. The molecule has 2 aliphatic heterocycles. The molecule has 0 saturated carbocycles. The Kier molecular flexibility index (Phi) is 6.57. The van der Waals surface area contributed by atoms with E-state index in [2.05, 4.69) is 4.90 Å². The molecule has 154 valence electrons. The zero-order valence-corrected chi connectivity index (χ0v) is 17.1. The van der Waals surface area contributed by atoms with Crippen LogP contribution >= 0.6 is 11.6 Å². The summed E-state index contributed by atoms with van der Waals surface area (Å²) < 4.78 is 17.6. The van der Waals surface area contributed by atoms with Crippen LogP contribution < -0.4 is 14.4 Å². The highest BCUT2D eigenvalue weighted by molar-refractivity contribution is 6.30. The van der Waals surface area contributed by atoms with Gasteiger partial charge in [-0.3, -0.25) is 4.79 Å². The van der Waals surface area contributed by atoms with E-state index in [4.69, 9.17) is 25.8 Å². The average Bonchev–Trinajstić information content (AvgIpc) is 2.77. The summed E-state index contributed by atoms with van der Waals surface area (Å²) in [5.41, 5.74) is 1.64. The molecule has 4 rings (SSSR count). The average molecular weight is 416 g/mol. The van der Waals surface area contributed by atoms with E-state index in [-0.39, 0.29) is 12.2 Å². The van der Waals surface area contributed by atoms with Crippen molar-refractivity contribution in [3.63, 3.8) is 0 Å². The summed E-state index contributed by atoms with van der Waals surface area (Å²) in [6.07, 6.45) is 4.85. The van der Waals surface area contributed by atoms with Gasteiger partial charge in [0.15, 0.2) is 6.29 Å². The molecule has 0 radical (unpaired) electrons. The van der Waals surface area contributed by atoms with Gasteiger partial charge in [-0.1, -0.05) is 11.6 Å². The van der Waals surface area contributed by atoms with E-state index in [0.717, 1.165) is 75.5 Å². The molecule has 5 nitrogen and oxygen atoms in total. The molecule has 0 amide bonds. The third kappa shape index (κ3) is 5.22. The van der Waals surface area contributed by atoms with Gasteiger partial charge in [0.05, 0.1) is 18.9 Å². The fourth-order valence-corrected chi connectivity index (χ4v) is 4.00. The van der Waals surface area contributed by atoms with Crippen molar-refractivity contribution in [3.05, 3.63) is 53.1 Å². The van der Waals surface area contributed by atoms with Crippen molar-refractivity contribution < 1.29 is 19.0 Å². The maximum atomic E-state index is 11.6. The maximum absolute atomic E-state index is 11.6. The highest BCUT2D eigenvalue weighted by Crippen LogP contribution is 2.30. The third-order valence-corrected chi connectivity index (χ3v) is 5.75. The lowest BCUT2D eigenvalue weighted by Crippen LogP contribution is -2.38. The van der Waals surface area contributed by atoms with Crippen molar-refractivity contribution in [1.82, 2.24) is 0 Å². The summed E-state index contributed by atoms with van der Waals surface area (Å²) in [7, 11) is 0. The molecule has 0 aliphatic carbocycles. The fraction of sp³-hybridized carbons (Fsp3) is 0.435. The molecule has 2 aliphatic rings. The number of rotatable bonds is 6. The molecule has 0 bridgehead atoms. The van der Waals surface area contributed by atoms with Crippen LogP contribution in [0.4, 0.5) is 5.69 Å². The molecule has 2 fully saturated rings. The molecule has 2 aromatic rings. The van der Waals surface area contributed by atoms with Gasteiger partial charge in [0.2, 0.25) is 0 Å². The minimum Gasteiger partial charge on any atom is -0.490 e. The van der Waals surface area contributed by atoms with Crippen molar-refractivity contribution in [2.45, 2.75) is 37.9 Å². The van der Waals surface area contributed by atoms with E-state index in [0.29, 0.717) is 10.6 Å². The van der Waals surface area contributed by atoms with Gasteiger partial charge in [0.1, 0.15) is 23.7 Å². The Bertz CT molecular complexity index is 812. The highest BCUT2D eigenvalue weighted by Gasteiger charge is 2.23. The first-order valence-electron chi connectivity index (χ1n) is 10.2. The number of ether oxygens (including phenoxy) is 3. The van der Waals surface area contributed by atoms with E-state index in [1.807, 2.05) is 42.5 Å². The number of piperidine rings is 1. The normalized spacial score (nSPS) is 18.4. The molecule has 0 atom stereocenters. The maximum Gasteiger partial charge on any atom is 0.152 e. The number of aldehydes is 1. The minimum absolute atomic E-state index is 0.161. The van der Waals surface area contributed by atoms with Gasteiger partial charge in [-0.05, 0) is 36.4 Å². The van der Waals surface area contributed by atoms with Crippen LogP contribution in [0.15, 0.2) is 42.5 Å². The highest BCUT2D eigenvalue weighted by atomic mass is 35.5. The van der Waals surface area contributed by atoms with Crippen molar-refractivity contribution in [2.75, 3.05) is 31.2 Å². The summed E-state index contributed by atoms with van der Waals surface area (Å²) in [5.74, 6) is 1.66. The molecule has 2 heterocycles. The number of hydrogen-bond donors (Lipinski definition) is 0. The molecule has 0 aromatic heterocycles. The largest absolute Gasteiger partial charge is 0.490 e. The predicted octanol–water partition coefficient (Wildman–Crippen LogP) is 4.76. The van der Waals surface area contributed by atoms with Gasteiger partial charge < -0.3 is 19.1 Å². The SMILES string of the molecule is O=Cc1ccc(OC2CCOCC2)cc1N1CCC(Oc2ccc(Cl)cc2)CC1. The van der Waals surface area contributed by atoms with E-state index in [9.17, 15) is 4.79 Å². The number of benzene rings is 2.